The lowest BCUT2D eigenvalue weighted by molar-refractivity contribution is -0.132. The van der Waals surface area contributed by atoms with Crippen molar-refractivity contribution in [3.05, 3.63) is 34.9 Å². The van der Waals surface area contributed by atoms with Gasteiger partial charge in [0.1, 0.15) is 5.54 Å². The summed E-state index contributed by atoms with van der Waals surface area (Å²) in [4.78, 5) is 24.7. The highest BCUT2D eigenvalue weighted by molar-refractivity contribution is 6.07. The van der Waals surface area contributed by atoms with Gasteiger partial charge < -0.3 is 5.32 Å². The van der Waals surface area contributed by atoms with Gasteiger partial charge in [0, 0.05) is 0 Å². The molecule has 0 bridgehead atoms. The molecule has 1 N–H and O–H groups in total. The van der Waals surface area contributed by atoms with Crippen LogP contribution in [0.1, 0.15) is 48.8 Å². The molecule has 116 valence electrons. The lowest BCUT2D eigenvalue weighted by atomic mass is 9.82. The zero-order valence-corrected chi connectivity index (χ0v) is 13.1. The summed E-state index contributed by atoms with van der Waals surface area (Å²) in [7, 11) is 0. The molecule has 1 saturated carbocycles. The minimum atomic E-state index is -0.713. The minimum absolute atomic E-state index is 0.210. The largest absolute Gasteiger partial charge is 0.346 e. The predicted octanol–water partition coefficient (Wildman–Crippen LogP) is 2.89. The van der Waals surface area contributed by atoms with Gasteiger partial charge in [0.2, 0.25) is 0 Å². The number of aryl methyl sites for hydroxylation is 2. The maximum Gasteiger partial charge on any atom is 0.346 e. The van der Waals surface area contributed by atoms with Gasteiger partial charge in [-0.25, -0.2) is 4.79 Å². The highest BCUT2D eigenvalue weighted by Gasteiger charge is 2.51. The first-order valence-corrected chi connectivity index (χ1v) is 7.80. The number of amides is 3. The highest BCUT2D eigenvalue weighted by Crippen LogP contribution is 2.33. The predicted molar refractivity (Wildman–Crippen MR) is 84.7 cm³/mol. The molecule has 1 heterocycles. The Balaban J connectivity index is 1.81. The summed E-state index contributed by atoms with van der Waals surface area (Å²) >= 11 is 0. The number of carbonyl (C=O) groups excluding carboxylic acids is 2. The van der Waals surface area contributed by atoms with E-state index in [1.807, 2.05) is 26.0 Å². The molecule has 3 rings (SSSR count). The van der Waals surface area contributed by atoms with Gasteiger partial charge in [0.05, 0.1) is 6.21 Å². The second-order valence-electron chi connectivity index (χ2n) is 6.29. The van der Waals surface area contributed by atoms with Crippen molar-refractivity contribution in [3.63, 3.8) is 0 Å². The average molecular weight is 299 g/mol. The number of hydrogen-bond acceptors (Lipinski definition) is 3. The summed E-state index contributed by atoms with van der Waals surface area (Å²) in [6.45, 7) is 4.01. The second kappa shape index (κ2) is 5.55. The van der Waals surface area contributed by atoms with E-state index in [4.69, 9.17) is 0 Å². The van der Waals surface area contributed by atoms with E-state index in [0.717, 1.165) is 35.4 Å². The number of nitrogens with one attached hydrogen (secondary N) is 1. The number of hydrogen-bond donors (Lipinski definition) is 1. The molecule has 0 atom stereocenters. The van der Waals surface area contributed by atoms with E-state index in [1.165, 1.54) is 5.56 Å². The van der Waals surface area contributed by atoms with Gasteiger partial charge >= 0.3 is 6.03 Å². The van der Waals surface area contributed by atoms with Crippen molar-refractivity contribution in [1.82, 2.24) is 10.3 Å². The lowest BCUT2D eigenvalue weighted by Crippen LogP contribution is -2.48. The Morgan fingerprint density at radius 2 is 1.91 bits per heavy atom. The van der Waals surface area contributed by atoms with E-state index in [0.29, 0.717) is 12.8 Å². The minimum Gasteiger partial charge on any atom is -0.321 e. The number of nitrogens with zero attached hydrogens (tertiary/aromatic N) is 2. The van der Waals surface area contributed by atoms with Crippen LogP contribution < -0.4 is 5.32 Å². The molecule has 1 aliphatic heterocycles. The third-order valence-electron chi connectivity index (χ3n) is 4.59. The van der Waals surface area contributed by atoms with Crippen LogP contribution in [-0.4, -0.2) is 28.7 Å². The van der Waals surface area contributed by atoms with Gasteiger partial charge in [-0.05, 0) is 37.8 Å². The molecule has 3 amide bonds. The van der Waals surface area contributed by atoms with Crippen molar-refractivity contribution in [2.24, 2.45) is 5.10 Å². The topological polar surface area (TPSA) is 61.8 Å². The summed E-state index contributed by atoms with van der Waals surface area (Å²) < 4.78 is 0. The zero-order valence-electron chi connectivity index (χ0n) is 13.1. The van der Waals surface area contributed by atoms with E-state index in [1.54, 1.807) is 6.21 Å². The first-order valence-electron chi connectivity index (χ1n) is 7.80. The van der Waals surface area contributed by atoms with Crippen molar-refractivity contribution < 1.29 is 9.59 Å². The van der Waals surface area contributed by atoms with Crippen LogP contribution in [0.5, 0.6) is 0 Å². The van der Waals surface area contributed by atoms with Gasteiger partial charge in [-0.15, -0.1) is 5.01 Å². The van der Waals surface area contributed by atoms with Gasteiger partial charge in [-0.1, -0.05) is 43.0 Å². The molecule has 2 fully saturated rings. The number of rotatable bonds is 2. The Labute approximate surface area is 130 Å². The number of urea groups is 1. The fourth-order valence-electron chi connectivity index (χ4n) is 3.30. The molecule has 5 nitrogen and oxygen atoms in total. The molecule has 0 aromatic heterocycles. The van der Waals surface area contributed by atoms with Crippen LogP contribution in [0.15, 0.2) is 23.3 Å². The Morgan fingerprint density at radius 3 is 2.59 bits per heavy atom. The van der Waals surface area contributed by atoms with Crippen molar-refractivity contribution in [2.45, 2.75) is 51.5 Å². The monoisotopic (exact) mass is 299 g/mol. The van der Waals surface area contributed by atoms with E-state index >= 15 is 0 Å². The molecule has 1 aromatic rings. The van der Waals surface area contributed by atoms with E-state index in [-0.39, 0.29) is 5.91 Å². The first-order chi connectivity index (χ1) is 10.5. The summed E-state index contributed by atoms with van der Waals surface area (Å²) in [6, 6.07) is 5.58. The number of hydrazone groups is 1. The summed E-state index contributed by atoms with van der Waals surface area (Å²) in [6.07, 6.45) is 6.09. The van der Waals surface area contributed by atoms with Crippen LogP contribution in [0.3, 0.4) is 0 Å². The highest BCUT2D eigenvalue weighted by atomic mass is 16.2. The molecule has 2 aliphatic rings. The van der Waals surface area contributed by atoms with Crippen LogP contribution >= 0.6 is 0 Å². The molecule has 1 aliphatic carbocycles. The molecule has 0 unspecified atom stereocenters. The van der Waals surface area contributed by atoms with Crippen molar-refractivity contribution >= 4 is 18.2 Å². The molecule has 1 aromatic carbocycles. The van der Waals surface area contributed by atoms with Gasteiger partial charge in [-0.2, -0.15) is 5.10 Å². The van der Waals surface area contributed by atoms with E-state index in [9.17, 15) is 9.59 Å². The Bertz CT molecular complexity index is 645. The fraction of sp³-hybridized carbons (Fsp3) is 0.471. The summed E-state index contributed by atoms with van der Waals surface area (Å²) in [5.74, 6) is -0.210. The fourth-order valence-corrected chi connectivity index (χ4v) is 3.30. The third-order valence-corrected chi connectivity index (χ3v) is 4.59. The van der Waals surface area contributed by atoms with Crippen molar-refractivity contribution in [1.29, 1.82) is 0 Å². The van der Waals surface area contributed by atoms with E-state index in [2.05, 4.69) is 16.5 Å². The van der Waals surface area contributed by atoms with Crippen LogP contribution in [-0.2, 0) is 4.79 Å². The quantitative estimate of drug-likeness (QED) is 0.674. The smallest absolute Gasteiger partial charge is 0.321 e. The zero-order chi connectivity index (χ0) is 15.7. The molecule has 1 spiro atoms. The van der Waals surface area contributed by atoms with Crippen LogP contribution in [0, 0.1) is 13.8 Å². The SMILES string of the molecule is Cc1ccc(C=NN2C(=O)NC3(CCCCC3)C2=O)c(C)c1. The van der Waals surface area contributed by atoms with E-state index < -0.39 is 11.6 Å². The number of imide groups is 1. The maximum absolute atomic E-state index is 12.6. The van der Waals surface area contributed by atoms with Crippen LogP contribution in [0.2, 0.25) is 0 Å². The summed E-state index contributed by atoms with van der Waals surface area (Å²) in [5, 5.41) is 7.99. The molecule has 5 heteroatoms. The molecule has 22 heavy (non-hydrogen) atoms. The summed E-state index contributed by atoms with van der Waals surface area (Å²) in [5.41, 5.74) is 2.44. The van der Waals surface area contributed by atoms with Crippen molar-refractivity contribution in [2.75, 3.05) is 0 Å². The van der Waals surface area contributed by atoms with Gasteiger partial charge in [0.15, 0.2) is 0 Å². The first kappa shape index (κ1) is 14.8. The lowest BCUT2D eigenvalue weighted by Gasteiger charge is -2.29. The maximum atomic E-state index is 12.6. The number of benzene rings is 1. The average Bonchev–Trinajstić information content (AvgIpc) is 2.71. The Hall–Kier alpha value is -2.17. The van der Waals surface area contributed by atoms with Crippen LogP contribution in [0.4, 0.5) is 4.79 Å². The van der Waals surface area contributed by atoms with Crippen molar-refractivity contribution in [3.8, 4) is 0 Å². The molecular formula is C17H21N3O2. The molecule has 0 radical (unpaired) electrons. The van der Waals surface area contributed by atoms with Gasteiger partial charge in [0.25, 0.3) is 5.91 Å². The van der Waals surface area contributed by atoms with Crippen LogP contribution in [0.25, 0.3) is 0 Å². The Kier molecular flexibility index (Phi) is 3.72. The molecular weight excluding hydrogens is 278 g/mol. The second-order valence-corrected chi connectivity index (χ2v) is 6.29. The normalized spacial score (nSPS) is 20.9. The molecule has 1 saturated heterocycles. The number of carbonyl (C=O) groups is 2. The Morgan fingerprint density at radius 1 is 1.18 bits per heavy atom. The third kappa shape index (κ3) is 2.51. The van der Waals surface area contributed by atoms with Gasteiger partial charge in [-0.3, -0.25) is 4.79 Å². The standard InChI is InChI=1S/C17H21N3O2/c1-12-6-7-14(13(2)10-12)11-18-20-15(21)17(19-16(20)22)8-4-3-5-9-17/h6-7,10-11H,3-5,8-9H2,1-2H3,(H,19,22).